The molecule has 0 unspecified atom stereocenters. The number of urea groups is 1. The van der Waals surface area contributed by atoms with Gasteiger partial charge in [0.1, 0.15) is 11.3 Å². The summed E-state index contributed by atoms with van der Waals surface area (Å²) in [7, 11) is 1.60. The zero-order valence-electron chi connectivity index (χ0n) is 9.90. The number of carbonyl (C=O) groups excluding carboxylic acids is 1. The highest BCUT2D eigenvalue weighted by atomic mass is 32.1. The second-order valence-corrected chi connectivity index (χ2v) is 4.48. The van der Waals surface area contributed by atoms with Crippen molar-refractivity contribution >= 4 is 32.7 Å². The molecular weight excluding hydrogens is 250 g/mol. The number of fused-ring (bicyclic) bond motifs is 1. The van der Waals surface area contributed by atoms with Gasteiger partial charge in [0.2, 0.25) is 0 Å². The number of benzene rings is 1. The number of hydrogen-bond donors (Lipinski definition) is 2. The van der Waals surface area contributed by atoms with Crippen LogP contribution < -0.4 is 15.4 Å². The molecule has 2 aromatic rings. The van der Waals surface area contributed by atoms with Crippen LogP contribution in [-0.4, -0.2) is 24.7 Å². The molecular formula is C12H13N3O2S. The lowest BCUT2D eigenvalue weighted by Crippen LogP contribution is -2.28. The fourth-order valence-corrected chi connectivity index (χ4v) is 2.33. The Bertz CT molecular complexity index is 580. The Labute approximate surface area is 108 Å². The second-order valence-electron chi connectivity index (χ2n) is 3.45. The molecule has 1 aromatic carbocycles. The number of thiazole rings is 1. The van der Waals surface area contributed by atoms with Crippen LogP contribution in [0.2, 0.25) is 0 Å². The zero-order chi connectivity index (χ0) is 13.0. The molecule has 2 N–H and O–H groups in total. The summed E-state index contributed by atoms with van der Waals surface area (Å²) in [6.07, 6.45) is 1.61. The van der Waals surface area contributed by atoms with Crippen molar-refractivity contribution in [2.24, 2.45) is 0 Å². The lowest BCUT2D eigenvalue weighted by molar-refractivity contribution is 0.253. The Hall–Kier alpha value is -2.08. The largest absolute Gasteiger partial charge is 0.494 e. The summed E-state index contributed by atoms with van der Waals surface area (Å²) in [5.74, 6) is 0.697. The molecule has 0 atom stereocenters. The van der Waals surface area contributed by atoms with Crippen molar-refractivity contribution in [2.45, 2.75) is 0 Å². The van der Waals surface area contributed by atoms with Crippen LogP contribution in [0, 0.1) is 0 Å². The maximum absolute atomic E-state index is 11.5. The smallest absolute Gasteiger partial charge is 0.321 e. The van der Waals surface area contributed by atoms with Crippen LogP contribution in [0.15, 0.2) is 30.9 Å². The van der Waals surface area contributed by atoms with Crippen LogP contribution in [0.25, 0.3) is 10.2 Å². The van der Waals surface area contributed by atoms with Gasteiger partial charge in [-0.25, -0.2) is 9.78 Å². The van der Waals surface area contributed by atoms with Gasteiger partial charge < -0.3 is 10.1 Å². The van der Waals surface area contributed by atoms with Crippen LogP contribution in [0.5, 0.6) is 5.75 Å². The first kappa shape index (κ1) is 12.4. The standard InChI is InChI=1S/C12H13N3O2S/c1-3-7-13-11(16)15-12-14-10-8(17-2)5-4-6-9(10)18-12/h3-6H,1,7H2,2H3,(H2,13,14,15,16). The third kappa shape index (κ3) is 2.60. The molecule has 0 fully saturated rings. The Kier molecular flexibility index (Phi) is 3.78. The average Bonchev–Trinajstić information content (AvgIpc) is 2.78. The third-order valence-electron chi connectivity index (χ3n) is 2.23. The average molecular weight is 263 g/mol. The van der Waals surface area contributed by atoms with E-state index in [9.17, 15) is 4.79 Å². The van der Waals surface area contributed by atoms with Crippen molar-refractivity contribution in [3.05, 3.63) is 30.9 Å². The Morgan fingerprint density at radius 1 is 1.61 bits per heavy atom. The van der Waals surface area contributed by atoms with Gasteiger partial charge in [0.15, 0.2) is 5.13 Å². The van der Waals surface area contributed by atoms with Gasteiger partial charge in [-0.1, -0.05) is 23.5 Å². The van der Waals surface area contributed by atoms with Crippen molar-refractivity contribution in [1.82, 2.24) is 10.3 Å². The molecule has 18 heavy (non-hydrogen) atoms. The molecule has 6 heteroatoms. The van der Waals surface area contributed by atoms with Gasteiger partial charge in [-0.2, -0.15) is 0 Å². The van der Waals surface area contributed by atoms with Crippen LogP contribution in [0.1, 0.15) is 0 Å². The van der Waals surface area contributed by atoms with E-state index in [-0.39, 0.29) is 6.03 Å². The van der Waals surface area contributed by atoms with Crippen LogP contribution >= 0.6 is 11.3 Å². The number of aromatic nitrogens is 1. The minimum Gasteiger partial charge on any atom is -0.494 e. The number of hydrogen-bond acceptors (Lipinski definition) is 4. The van der Waals surface area contributed by atoms with E-state index < -0.39 is 0 Å². The second kappa shape index (κ2) is 5.50. The molecule has 0 spiro atoms. The summed E-state index contributed by atoms with van der Waals surface area (Å²) < 4.78 is 6.18. The van der Waals surface area contributed by atoms with E-state index >= 15 is 0 Å². The lowest BCUT2D eigenvalue weighted by Gasteiger charge is -2.01. The maximum Gasteiger partial charge on any atom is 0.321 e. The highest BCUT2D eigenvalue weighted by Crippen LogP contribution is 2.31. The van der Waals surface area contributed by atoms with Gasteiger partial charge in [-0.15, -0.1) is 6.58 Å². The normalized spacial score (nSPS) is 10.1. The first-order chi connectivity index (χ1) is 8.74. The third-order valence-corrected chi connectivity index (χ3v) is 3.17. The predicted octanol–water partition coefficient (Wildman–Crippen LogP) is 2.61. The summed E-state index contributed by atoms with van der Waals surface area (Å²) in [6.45, 7) is 3.94. The highest BCUT2D eigenvalue weighted by molar-refractivity contribution is 7.22. The van der Waals surface area contributed by atoms with E-state index in [1.807, 2.05) is 18.2 Å². The summed E-state index contributed by atoms with van der Waals surface area (Å²) in [4.78, 5) is 15.8. The van der Waals surface area contributed by atoms with E-state index in [1.54, 1.807) is 13.2 Å². The van der Waals surface area contributed by atoms with Gasteiger partial charge in [0.05, 0.1) is 11.8 Å². The minimum atomic E-state index is -0.298. The molecule has 0 aliphatic carbocycles. The number of nitrogens with zero attached hydrogens (tertiary/aromatic N) is 1. The first-order valence-electron chi connectivity index (χ1n) is 5.34. The molecule has 0 aliphatic heterocycles. The Morgan fingerprint density at radius 2 is 2.44 bits per heavy atom. The molecule has 0 aliphatic rings. The first-order valence-corrected chi connectivity index (χ1v) is 6.15. The zero-order valence-corrected chi connectivity index (χ0v) is 10.7. The van der Waals surface area contributed by atoms with Crippen LogP contribution in [-0.2, 0) is 0 Å². The highest BCUT2D eigenvalue weighted by Gasteiger charge is 2.10. The SMILES string of the molecule is C=CCNC(=O)Nc1nc2c(OC)cccc2s1. The molecule has 2 amide bonds. The molecule has 0 radical (unpaired) electrons. The summed E-state index contributed by atoms with van der Waals surface area (Å²) in [5, 5.41) is 5.83. The number of para-hydroxylation sites is 1. The van der Waals surface area contributed by atoms with Crippen molar-refractivity contribution in [3.63, 3.8) is 0 Å². The van der Waals surface area contributed by atoms with Gasteiger partial charge >= 0.3 is 6.03 Å². The van der Waals surface area contributed by atoms with Gasteiger partial charge in [0, 0.05) is 6.54 Å². The molecule has 1 heterocycles. The van der Waals surface area contributed by atoms with Crippen molar-refractivity contribution in [3.8, 4) is 5.75 Å². The van der Waals surface area contributed by atoms with Gasteiger partial charge in [-0.3, -0.25) is 5.32 Å². The molecule has 0 saturated heterocycles. The Morgan fingerprint density at radius 3 is 3.17 bits per heavy atom. The van der Waals surface area contributed by atoms with E-state index in [2.05, 4.69) is 22.2 Å². The molecule has 0 saturated carbocycles. The summed E-state index contributed by atoms with van der Waals surface area (Å²) >= 11 is 1.40. The van der Waals surface area contributed by atoms with Gasteiger partial charge in [0.25, 0.3) is 0 Å². The van der Waals surface area contributed by atoms with Crippen LogP contribution in [0.4, 0.5) is 9.93 Å². The van der Waals surface area contributed by atoms with Crippen molar-refractivity contribution in [1.29, 1.82) is 0 Å². The fourth-order valence-electron chi connectivity index (χ4n) is 1.45. The molecule has 94 valence electrons. The number of ether oxygens (including phenoxy) is 1. The van der Waals surface area contributed by atoms with Gasteiger partial charge in [-0.05, 0) is 12.1 Å². The number of rotatable bonds is 4. The minimum absolute atomic E-state index is 0.298. The van der Waals surface area contributed by atoms with E-state index in [0.717, 1.165) is 10.2 Å². The molecule has 1 aromatic heterocycles. The quantitative estimate of drug-likeness (QED) is 0.833. The summed E-state index contributed by atoms with van der Waals surface area (Å²) in [5.41, 5.74) is 0.754. The number of anilines is 1. The molecule has 5 nitrogen and oxygen atoms in total. The topological polar surface area (TPSA) is 63.2 Å². The predicted molar refractivity (Wildman–Crippen MR) is 73.4 cm³/mol. The van der Waals surface area contributed by atoms with E-state index in [0.29, 0.717) is 17.4 Å². The Balaban J connectivity index is 2.20. The fraction of sp³-hybridized carbons (Fsp3) is 0.167. The van der Waals surface area contributed by atoms with Crippen molar-refractivity contribution < 1.29 is 9.53 Å². The van der Waals surface area contributed by atoms with E-state index in [4.69, 9.17) is 4.74 Å². The number of carbonyl (C=O) groups is 1. The maximum atomic E-state index is 11.5. The van der Waals surface area contributed by atoms with E-state index in [1.165, 1.54) is 11.3 Å². The molecule has 2 rings (SSSR count). The monoisotopic (exact) mass is 263 g/mol. The summed E-state index contributed by atoms with van der Waals surface area (Å²) in [6, 6.07) is 5.36. The number of nitrogens with one attached hydrogen (secondary N) is 2. The van der Waals surface area contributed by atoms with Crippen LogP contribution in [0.3, 0.4) is 0 Å². The lowest BCUT2D eigenvalue weighted by atomic mass is 10.3. The van der Waals surface area contributed by atoms with Crippen molar-refractivity contribution in [2.75, 3.05) is 19.0 Å². The molecule has 0 bridgehead atoms. The number of methoxy groups -OCH3 is 1. The number of amides is 2.